The maximum atomic E-state index is 12.5. The van der Waals surface area contributed by atoms with Crippen LogP contribution in [0.1, 0.15) is 29.2 Å². The van der Waals surface area contributed by atoms with E-state index in [9.17, 15) is 18.0 Å². The Balaban J connectivity index is 2.06. The average molecular weight is 351 g/mol. The van der Waals surface area contributed by atoms with Crippen LogP contribution in [0.15, 0.2) is 36.4 Å². The Bertz CT molecular complexity index is 767. The van der Waals surface area contributed by atoms with Gasteiger partial charge in [0.2, 0.25) is 0 Å². The molecule has 0 aliphatic carbocycles. The molecule has 2 rings (SSSR count). The summed E-state index contributed by atoms with van der Waals surface area (Å²) in [7, 11) is 0. The van der Waals surface area contributed by atoms with Crippen molar-refractivity contribution < 1.29 is 22.7 Å². The van der Waals surface area contributed by atoms with Gasteiger partial charge in [-0.05, 0) is 74.7 Å². The van der Waals surface area contributed by atoms with E-state index in [0.29, 0.717) is 5.75 Å². The third-order valence-corrected chi connectivity index (χ3v) is 3.92. The van der Waals surface area contributed by atoms with Crippen LogP contribution in [-0.4, -0.2) is 12.0 Å². The molecule has 0 bridgehead atoms. The predicted octanol–water partition coefficient (Wildman–Crippen LogP) is 5.04. The highest BCUT2D eigenvalue weighted by Gasteiger charge is 2.30. The van der Waals surface area contributed by atoms with Crippen molar-refractivity contribution in [1.82, 2.24) is 0 Å². The molecule has 0 radical (unpaired) electrons. The average Bonchev–Trinajstić information content (AvgIpc) is 2.51. The van der Waals surface area contributed by atoms with Crippen molar-refractivity contribution in [2.24, 2.45) is 0 Å². The Hall–Kier alpha value is -2.50. The third kappa shape index (κ3) is 4.75. The van der Waals surface area contributed by atoms with Crippen molar-refractivity contribution in [1.29, 1.82) is 0 Å². The zero-order valence-corrected chi connectivity index (χ0v) is 14.5. The van der Waals surface area contributed by atoms with Gasteiger partial charge in [-0.2, -0.15) is 13.2 Å². The highest BCUT2D eigenvalue weighted by Crippen LogP contribution is 2.30. The van der Waals surface area contributed by atoms with E-state index in [2.05, 4.69) is 5.32 Å². The van der Waals surface area contributed by atoms with Crippen LogP contribution in [0.3, 0.4) is 0 Å². The van der Waals surface area contributed by atoms with Crippen molar-refractivity contribution in [2.75, 3.05) is 5.32 Å². The minimum Gasteiger partial charge on any atom is -0.481 e. The lowest BCUT2D eigenvalue weighted by atomic mass is 10.1. The molecule has 0 aliphatic heterocycles. The van der Waals surface area contributed by atoms with Crippen molar-refractivity contribution in [3.63, 3.8) is 0 Å². The number of nitrogens with one attached hydrogen (secondary N) is 1. The molecular weight excluding hydrogens is 331 g/mol. The summed E-state index contributed by atoms with van der Waals surface area (Å²) in [6, 6.07) is 8.16. The lowest BCUT2D eigenvalue weighted by molar-refractivity contribution is -0.137. The van der Waals surface area contributed by atoms with Gasteiger partial charge in [0.25, 0.3) is 5.91 Å². The van der Waals surface area contributed by atoms with Crippen LogP contribution < -0.4 is 10.1 Å². The number of hydrogen-bond donors (Lipinski definition) is 1. The quantitative estimate of drug-likeness (QED) is 0.838. The molecular formula is C19H20F3NO2. The zero-order valence-electron chi connectivity index (χ0n) is 14.5. The summed E-state index contributed by atoms with van der Waals surface area (Å²) < 4.78 is 43.4. The Labute approximate surface area is 144 Å². The number of ether oxygens (including phenoxy) is 1. The van der Waals surface area contributed by atoms with Crippen LogP contribution in [-0.2, 0) is 11.0 Å². The highest BCUT2D eigenvalue weighted by atomic mass is 19.4. The smallest absolute Gasteiger partial charge is 0.416 e. The number of benzene rings is 2. The Kier molecular flexibility index (Phi) is 5.40. The number of rotatable bonds is 4. The summed E-state index contributed by atoms with van der Waals surface area (Å²) >= 11 is 0. The molecule has 2 aromatic rings. The molecule has 0 aliphatic rings. The first-order chi connectivity index (χ1) is 11.6. The largest absolute Gasteiger partial charge is 0.481 e. The molecule has 0 fully saturated rings. The molecule has 134 valence electrons. The minimum atomic E-state index is -4.40. The lowest BCUT2D eigenvalue weighted by Gasteiger charge is -2.18. The van der Waals surface area contributed by atoms with Gasteiger partial charge in [-0.3, -0.25) is 4.79 Å². The zero-order chi connectivity index (χ0) is 18.8. The summed E-state index contributed by atoms with van der Waals surface area (Å²) in [5, 5.41) is 2.56. The maximum absolute atomic E-state index is 12.5. The topological polar surface area (TPSA) is 38.3 Å². The van der Waals surface area contributed by atoms with Crippen LogP contribution in [0.2, 0.25) is 0 Å². The summed E-state index contributed by atoms with van der Waals surface area (Å²) in [4.78, 5) is 12.2. The number of carbonyl (C=O) groups excluding carboxylic acids is 1. The van der Waals surface area contributed by atoms with Crippen molar-refractivity contribution in [3.8, 4) is 5.75 Å². The van der Waals surface area contributed by atoms with Crippen molar-refractivity contribution in [3.05, 3.63) is 58.7 Å². The molecule has 0 unspecified atom stereocenters. The van der Waals surface area contributed by atoms with E-state index in [0.717, 1.165) is 28.8 Å². The molecule has 1 atom stereocenters. The monoisotopic (exact) mass is 351 g/mol. The molecule has 25 heavy (non-hydrogen) atoms. The van der Waals surface area contributed by atoms with E-state index in [1.54, 1.807) is 6.92 Å². The summed E-state index contributed by atoms with van der Waals surface area (Å²) in [5.41, 5.74) is 2.55. The van der Waals surface area contributed by atoms with Crippen molar-refractivity contribution >= 4 is 11.6 Å². The van der Waals surface area contributed by atoms with Gasteiger partial charge in [0.05, 0.1) is 5.56 Å². The van der Waals surface area contributed by atoms with Gasteiger partial charge < -0.3 is 10.1 Å². The first kappa shape index (κ1) is 18.8. The summed E-state index contributed by atoms with van der Waals surface area (Å²) in [5.74, 6) is 0.186. The van der Waals surface area contributed by atoms with Gasteiger partial charge in [-0.1, -0.05) is 6.07 Å². The minimum absolute atomic E-state index is 0.283. The van der Waals surface area contributed by atoms with Crippen LogP contribution in [0.5, 0.6) is 5.75 Å². The van der Waals surface area contributed by atoms with E-state index < -0.39 is 23.8 Å². The lowest BCUT2D eigenvalue weighted by Crippen LogP contribution is -2.30. The first-order valence-corrected chi connectivity index (χ1v) is 7.80. The second-order valence-corrected chi connectivity index (χ2v) is 6.03. The standard InChI is InChI=1S/C19H20F3NO2/c1-11-9-12(2)13(3)17(10-11)25-14(4)18(24)23-16-7-5-15(6-8-16)19(20,21)22/h5-10,14H,1-4H3,(H,23,24)/t14-/m1/s1. The number of aryl methyl sites for hydroxylation is 2. The number of carbonyl (C=O) groups is 1. The van der Waals surface area contributed by atoms with E-state index in [1.807, 2.05) is 32.9 Å². The fourth-order valence-corrected chi connectivity index (χ4v) is 2.35. The third-order valence-electron chi connectivity index (χ3n) is 3.92. The fourth-order valence-electron chi connectivity index (χ4n) is 2.35. The number of anilines is 1. The van der Waals surface area contributed by atoms with Gasteiger partial charge in [0.1, 0.15) is 5.75 Å². The Morgan fingerprint density at radius 3 is 2.24 bits per heavy atom. The Morgan fingerprint density at radius 1 is 1.08 bits per heavy atom. The van der Waals surface area contributed by atoms with Crippen LogP contribution in [0.25, 0.3) is 0 Å². The molecule has 2 aromatic carbocycles. The second-order valence-electron chi connectivity index (χ2n) is 6.03. The van der Waals surface area contributed by atoms with Crippen LogP contribution >= 0.6 is 0 Å². The molecule has 3 nitrogen and oxygen atoms in total. The molecule has 1 amide bonds. The number of amides is 1. The highest BCUT2D eigenvalue weighted by molar-refractivity contribution is 5.94. The van der Waals surface area contributed by atoms with E-state index in [4.69, 9.17) is 4.74 Å². The molecule has 6 heteroatoms. The fraction of sp³-hybridized carbons (Fsp3) is 0.316. The van der Waals surface area contributed by atoms with Gasteiger partial charge in [-0.15, -0.1) is 0 Å². The second kappa shape index (κ2) is 7.17. The van der Waals surface area contributed by atoms with Gasteiger partial charge in [-0.25, -0.2) is 0 Å². The summed E-state index contributed by atoms with van der Waals surface area (Å²) in [6.45, 7) is 7.40. The van der Waals surface area contributed by atoms with Crippen LogP contribution in [0, 0.1) is 20.8 Å². The number of halogens is 3. The van der Waals surface area contributed by atoms with E-state index in [-0.39, 0.29) is 5.69 Å². The normalized spacial score (nSPS) is 12.6. The number of hydrogen-bond acceptors (Lipinski definition) is 2. The van der Waals surface area contributed by atoms with Crippen LogP contribution in [0.4, 0.5) is 18.9 Å². The number of alkyl halides is 3. The first-order valence-electron chi connectivity index (χ1n) is 7.80. The molecule has 0 spiro atoms. The van der Waals surface area contributed by atoms with Gasteiger partial charge in [0, 0.05) is 5.69 Å². The predicted molar refractivity (Wildman–Crippen MR) is 90.8 cm³/mol. The SMILES string of the molecule is Cc1cc(C)c(C)c(O[C@H](C)C(=O)Nc2ccc(C(F)(F)F)cc2)c1. The molecule has 0 saturated heterocycles. The molecule has 0 saturated carbocycles. The Morgan fingerprint density at radius 2 is 1.68 bits per heavy atom. The van der Waals surface area contributed by atoms with Gasteiger partial charge in [0.15, 0.2) is 6.10 Å². The molecule has 0 heterocycles. The van der Waals surface area contributed by atoms with E-state index in [1.165, 1.54) is 12.1 Å². The maximum Gasteiger partial charge on any atom is 0.416 e. The van der Waals surface area contributed by atoms with Crippen molar-refractivity contribution in [2.45, 2.75) is 40.0 Å². The molecule has 0 aromatic heterocycles. The van der Waals surface area contributed by atoms with Gasteiger partial charge >= 0.3 is 6.18 Å². The molecule has 1 N–H and O–H groups in total. The summed E-state index contributed by atoms with van der Waals surface area (Å²) in [6.07, 6.45) is -5.19. The van der Waals surface area contributed by atoms with E-state index >= 15 is 0 Å².